The van der Waals surface area contributed by atoms with E-state index in [0.717, 1.165) is 8.58 Å². The van der Waals surface area contributed by atoms with Crippen molar-refractivity contribution < 1.29 is 0 Å². The van der Waals surface area contributed by atoms with Crippen LogP contribution >= 0.6 is 16.5 Å². The maximum absolute atomic E-state index is 2.31. The molecular weight excluding hydrogens is 278 g/mol. The third-order valence-corrected chi connectivity index (χ3v) is 6.24. The molecule has 20 heavy (non-hydrogen) atoms. The van der Waals surface area contributed by atoms with Crippen LogP contribution in [0, 0.1) is 0 Å². The van der Waals surface area contributed by atoms with Crippen molar-refractivity contribution in [3.8, 4) is 0 Å². The van der Waals surface area contributed by atoms with Crippen molar-refractivity contribution in [3.63, 3.8) is 0 Å². The minimum Gasteiger partial charge on any atom is -0.0936 e. The Morgan fingerprint density at radius 1 is 0.800 bits per heavy atom. The van der Waals surface area contributed by atoms with Crippen molar-refractivity contribution in [3.05, 3.63) is 59.7 Å². The molecule has 0 fully saturated rings. The van der Waals surface area contributed by atoms with Gasteiger partial charge in [0.2, 0.25) is 0 Å². The van der Waals surface area contributed by atoms with Gasteiger partial charge in [-0.1, -0.05) is 78.9 Å². The third kappa shape index (κ3) is 3.30. The monoisotopic (exact) mass is 302 g/mol. The van der Waals surface area contributed by atoms with Crippen molar-refractivity contribution >= 4 is 27.1 Å². The summed E-state index contributed by atoms with van der Waals surface area (Å²) in [5, 5.41) is 2.91. The molecule has 0 saturated carbocycles. The molecule has 2 heteroatoms. The second-order valence-corrected chi connectivity index (χ2v) is 9.28. The maximum atomic E-state index is 2.31. The summed E-state index contributed by atoms with van der Waals surface area (Å²) in [5.41, 5.74) is 2.85. The van der Waals surface area contributed by atoms with E-state index < -0.39 is 0 Å². The first-order valence-electron chi connectivity index (χ1n) is 7.01. The van der Waals surface area contributed by atoms with Gasteiger partial charge in [0.05, 0.1) is 0 Å². The molecule has 0 saturated heterocycles. The lowest BCUT2D eigenvalue weighted by Crippen LogP contribution is -2.20. The molecule has 0 nitrogen and oxygen atoms in total. The minimum atomic E-state index is -0.00377. The molecule has 0 aliphatic carbocycles. The van der Waals surface area contributed by atoms with E-state index >= 15 is 0 Å². The molecule has 1 atom stereocenters. The molecule has 0 aliphatic heterocycles. The molecule has 0 amide bonds. The van der Waals surface area contributed by atoms with Gasteiger partial charge in [0, 0.05) is 5.41 Å². The van der Waals surface area contributed by atoms with E-state index in [0.29, 0.717) is 0 Å². The van der Waals surface area contributed by atoms with Crippen LogP contribution in [0.25, 0.3) is 0 Å². The molecule has 0 spiro atoms. The van der Waals surface area contributed by atoms with Crippen LogP contribution in [0.4, 0.5) is 0 Å². The lowest BCUT2D eigenvalue weighted by atomic mass is 9.78. The Kier molecular flexibility index (Phi) is 5.00. The lowest BCUT2D eigenvalue weighted by Gasteiger charge is -2.26. The summed E-state index contributed by atoms with van der Waals surface area (Å²) >= 11 is 0. The second kappa shape index (κ2) is 6.38. The van der Waals surface area contributed by atoms with Crippen molar-refractivity contribution in [2.45, 2.75) is 19.3 Å². The summed E-state index contributed by atoms with van der Waals surface area (Å²) in [6, 6.07) is 18.3. The molecule has 0 heterocycles. The van der Waals surface area contributed by atoms with Crippen LogP contribution in [0.15, 0.2) is 48.5 Å². The second-order valence-electron chi connectivity index (χ2n) is 5.89. The molecule has 0 radical (unpaired) electrons. The number of hydrogen-bond acceptors (Lipinski definition) is 0. The number of hydrogen-bond donors (Lipinski definition) is 0. The highest BCUT2D eigenvalue weighted by Gasteiger charge is 2.22. The lowest BCUT2D eigenvalue weighted by molar-refractivity contribution is 0.641. The van der Waals surface area contributed by atoms with Gasteiger partial charge in [-0.2, -0.15) is 0 Å². The topological polar surface area (TPSA) is 0 Å². The fourth-order valence-corrected chi connectivity index (χ4v) is 3.64. The Morgan fingerprint density at radius 2 is 1.25 bits per heavy atom. The zero-order valence-electron chi connectivity index (χ0n) is 13.1. The van der Waals surface area contributed by atoms with Crippen molar-refractivity contribution in [2.75, 3.05) is 20.0 Å². The Balaban J connectivity index is 2.32. The zero-order chi connectivity index (χ0) is 14.8. The van der Waals surface area contributed by atoms with Crippen molar-refractivity contribution in [2.24, 2.45) is 0 Å². The van der Waals surface area contributed by atoms with Crippen LogP contribution < -0.4 is 10.6 Å². The Morgan fingerprint density at radius 3 is 1.65 bits per heavy atom. The van der Waals surface area contributed by atoms with Gasteiger partial charge < -0.3 is 0 Å². The standard InChI is InChI=1S/C18H24P2/c1-18(2,14-6-10-16(19-3)11-7-14)15-8-12-17(13-9-15)20(4)5/h6-13,19H,1-5H3. The minimum absolute atomic E-state index is 0.00377. The normalized spacial score (nSPS) is 12.5. The third-order valence-electron chi connectivity index (χ3n) is 4.00. The fraction of sp³-hybridized carbons (Fsp3) is 0.333. The van der Waals surface area contributed by atoms with Gasteiger partial charge in [-0.3, -0.25) is 0 Å². The molecule has 2 aromatic rings. The van der Waals surface area contributed by atoms with Crippen LogP contribution in [0.2, 0.25) is 0 Å². The van der Waals surface area contributed by atoms with E-state index in [1.807, 2.05) is 0 Å². The molecule has 0 N–H and O–H groups in total. The average Bonchev–Trinajstić information content (AvgIpc) is 2.47. The van der Waals surface area contributed by atoms with Gasteiger partial charge in [-0.15, -0.1) is 0 Å². The summed E-state index contributed by atoms with van der Waals surface area (Å²) in [6.45, 7) is 11.5. The molecule has 106 valence electrons. The van der Waals surface area contributed by atoms with Crippen LogP contribution in [-0.4, -0.2) is 20.0 Å². The summed E-state index contributed by atoms with van der Waals surface area (Å²) < 4.78 is 0. The molecule has 0 aromatic heterocycles. The largest absolute Gasteiger partial charge is 0.0936 e. The van der Waals surface area contributed by atoms with Crippen LogP contribution in [0.5, 0.6) is 0 Å². The Hall–Kier alpha value is -0.700. The average molecular weight is 302 g/mol. The maximum Gasteiger partial charge on any atom is 0.0146 e. The fourth-order valence-electron chi connectivity index (χ4n) is 2.40. The molecule has 0 bridgehead atoms. The highest BCUT2D eigenvalue weighted by atomic mass is 31.1. The van der Waals surface area contributed by atoms with Gasteiger partial charge in [0.15, 0.2) is 0 Å². The first-order chi connectivity index (χ1) is 9.45. The van der Waals surface area contributed by atoms with E-state index in [2.05, 4.69) is 82.4 Å². The Labute approximate surface area is 126 Å². The van der Waals surface area contributed by atoms with Gasteiger partial charge in [-0.25, -0.2) is 0 Å². The molecule has 2 rings (SSSR count). The predicted molar refractivity (Wildman–Crippen MR) is 97.3 cm³/mol. The number of benzene rings is 2. The van der Waals surface area contributed by atoms with Crippen molar-refractivity contribution in [1.82, 2.24) is 0 Å². The zero-order valence-corrected chi connectivity index (χ0v) is 15.0. The van der Waals surface area contributed by atoms with Crippen LogP contribution in [0.3, 0.4) is 0 Å². The number of rotatable bonds is 4. The first-order valence-corrected chi connectivity index (χ1v) is 10.7. The SMILES string of the molecule is CPc1ccc(C(C)(C)c2ccc(P(C)C)cc2)cc1. The molecule has 0 aliphatic rings. The molecule has 1 unspecified atom stereocenters. The van der Waals surface area contributed by atoms with Crippen LogP contribution in [0.1, 0.15) is 25.0 Å². The highest BCUT2D eigenvalue weighted by molar-refractivity contribution is 7.64. The molecular formula is C18H24P2. The quantitative estimate of drug-likeness (QED) is 0.738. The first kappa shape index (κ1) is 15.7. The summed E-state index contributed by atoms with van der Waals surface area (Å²) in [4.78, 5) is 0. The van der Waals surface area contributed by atoms with Crippen LogP contribution in [-0.2, 0) is 5.41 Å². The summed E-state index contributed by atoms with van der Waals surface area (Å²) in [7, 11) is 0.870. The van der Waals surface area contributed by atoms with E-state index in [1.54, 1.807) is 0 Å². The Bertz CT molecular complexity index is 551. The highest BCUT2D eigenvalue weighted by Crippen LogP contribution is 2.32. The van der Waals surface area contributed by atoms with E-state index in [4.69, 9.17) is 0 Å². The molecule has 2 aromatic carbocycles. The summed E-state index contributed by atoms with van der Waals surface area (Å²) in [5.74, 6) is 0. The van der Waals surface area contributed by atoms with Gasteiger partial charge >= 0.3 is 0 Å². The summed E-state index contributed by atoms with van der Waals surface area (Å²) in [6.07, 6.45) is 0. The van der Waals surface area contributed by atoms with Crippen molar-refractivity contribution in [1.29, 1.82) is 0 Å². The van der Waals surface area contributed by atoms with E-state index in [1.165, 1.54) is 21.7 Å². The smallest absolute Gasteiger partial charge is 0.0146 e. The van der Waals surface area contributed by atoms with E-state index in [-0.39, 0.29) is 13.3 Å². The van der Waals surface area contributed by atoms with Gasteiger partial charge in [0.1, 0.15) is 0 Å². The van der Waals surface area contributed by atoms with E-state index in [9.17, 15) is 0 Å². The van der Waals surface area contributed by atoms with Gasteiger partial charge in [-0.05, 0) is 41.7 Å². The van der Waals surface area contributed by atoms with Gasteiger partial charge in [0.25, 0.3) is 0 Å². The predicted octanol–water partition coefficient (Wildman–Crippen LogP) is 4.31.